The highest BCUT2D eigenvalue weighted by atomic mass is 16.5. The van der Waals surface area contributed by atoms with Crippen molar-refractivity contribution in [1.82, 2.24) is 9.97 Å². The van der Waals surface area contributed by atoms with E-state index in [2.05, 4.69) is 16.0 Å². The summed E-state index contributed by atoms with van der Waals surface area (Å²) in [5.41, 5.74) is 1.78. The molecule has 1 aromatic carbocycles. The molecule has 0 radical (unpaired) electrons. The third-order valence-electron chi connectivity index (χ3n) is 2.57. The van der Waals surface area contributed by atoms with E-state index in [4.69, 9.17) is 14.7 Å². The van der Waals surface area contributed by atoms with Crippen molar-refractivity contribution in [2.45, 2.75) is 6.42 Å². The molecule has 92 valence electrons. The monoisotopic (exact) mass is 243 g/mol. The fourth-order valence-electron chi connectivity index (χ4n) is 1.68. The Hall–Kier alpha value is -2.48. The zero-order valence-electron chi connectivity index (χ0n) is 10.2. The zero-order chi connectivity index (χ0) is 13.0. The Balaban J connectivity index is 2.35. The summed E-state index contributed by atoms with van der Waals surface area (Å²) >= 11 is 0. The number of benzene rings is 1. The fraction of sp³-hybridized carbons (Fsp3) is 0.231. The molecule has 0 saturated carbocycles. The molecule has 18 heavy (non-hydrogen) atoms. The molecule has 5 heteroatoms. The lowest BCUT2D eigenvalue weighted by atomic mass is 10.1. The lowest BCUT2D eigenvalue weighted by Crippen LogP contribution is -1.91. The summed E-state index contributed by atoms with van der Waals surface area (Å²) in [6.45, 7) is 0. The molecule has 2 rings (SSSR count). The van der Waals surface area contributed by atoms with Crippen LogP contribution in [0.3, 0.4) is 0 Å². The van der Waals surface area contributed by atoms with Gasteiger partial charge in [0.25, 0.3) is 0 Å². The van der Waals surface area contributed by atoms with Crippen LogP contribution in [0.25, 0.3) is 11.3 Å². The highest BCUT2D eigenvalue weighted by Gasteiger charge is 2.08. The first-order chi connectivity index (χ1) is 8.78. The van der Waals surface area contributed by atoms with E-state index < -0.39 is 0 Å². The maximum atomic E-state index is 8.60. The molecule has 0 aliphatic rings. The summed E-state index contributed by atoms with van der Waals surface area (Å²) in [5, 5.41) is 8.60. The average molecular weight is 243 g/mol. The van der Waals surface area contributed by atoms with Gasteiger partial charge in [0.15, 0.2) is 11.5 Å². The van der Waals surface area contributed by atoms with Crippen LogP contribution in [0.5, 0.6) is 11.5 Å². The maximum Gasteiger partial charge on any atom is 0.161 e. The largest absolute Gasteiger partial charge is 0.493 e. The van der Waals surface area contributed by atoms with E-state index in [0.717, 1.165) is 11.3 Å². The van der Waals surface area contributed by atoms with Crippen molar-refractivity contribution < 1.29 is 9.47 Å². The summed E-state index contributed by atoms with van der Waals surface area (Å²) in [7, 11) is 3.19. The second-order valence-corrected chi connectivity index (χ2v) is 3.65. The smallest absolute Gasteiger partial charge is 0.161 e. The number of nitrogens with zero attached hydrogens (tertiary/aromatic N) is 2. The molecule has 2 aromatic rings. The van der Waals surface area contributed by atoms with Crippen molar-refractivity contribution in [1.29, 1.82) is 5.26 Å². The van der Waals surface area contributed by atoms with Crippen LogP contribution < -0.4 is 9.47 Å². The third-order valence-corrected chi connectivity index (χ3v) is 2.57. The fourth-order valence-corrected chi connectivity index (χ4v) is 1.68. The molecule has 0 spiro atoms. The summed E-state index contributed by atoms with van der Waals surface area (Å²) in [5.74, 6) is 1.99. The Kier molecular flexibility index (Phi) is 3.49. The SMILES string of the molecule is COc1ccc(-c2cnc(CC#N)[nH]2)cc1OC. The lowest BCUT2D eigenvalue weighted by Gasteiger charge is -2.08. The number of methoxy groups -OCH3 is 2. The molecule has 0 aliphatic carbocycles. The minimum Gasteiger partial charge on any atom is -0.493 e. The number of hydrogen-bond acceptors (Lipinski definition) is 4. The van der Waals surface area contributed by atoms with Crippen LogP contribution in [0, 0.1) is 11.3 Å². The first-order valence-electron chi connectivity index (χ1n) is 5.41. The van der Waals surface area contributed by atoms with Gasteiger partial charge in [0.1, 0.15) is 5.82 Å². The number of nitrogens with one attached hydrogen (secondary N) is 1. The Bertz CT molecular complexity index is 584. The highest BCUT2D eigenvalue weighted by molar-refractivity contribution is 5.63. The number of imidazole rings is 1. The Morgan fingerprint density at radius 3 is 2.72 bits per heavy atom. The number of ether oxygens (including phenoxy) is 2. The van der Waals surface area contributed by atoms with Gasteiger partial charge in [0, 0.05) is 5.56 Å². The van der Waals surface area contributed by atoms with E-state index in [1.807, 2.05) is 18.2 Å². The average Bonchev–Trinajstić information content (AvgIpc) is 2.87. The van der Waals surface area contributed by atoms with Gasteiger partial charge >= 0.3 is 0 Å². The van der Waals surface area contributed by atoms with Gasteiger partial charge in [0.2, 0.25) is 0 Å². The van der Waals surface area contributed by atoms with Gasteiger partial charge in [-0.2, -0.15) is 5.26 Å². The summed E-state index contributed by atoms with van der Waals surface area (Å²) in [6, 6.07) is 7.65. The van der Waals surface area contributed by atoms with Gasteiger partial charge in [-0.1, -0.05) is 0 Å². The van der Waals surface area contributed by atoms with Gasteiger partial charge in [-0.3, -0.25) is 0 Å². The first kappa shape index (κ1) is 12.0. The molecule has 1 N–H and O–H groups in total. The Morgan fingerprint density at radius 2 is 2.06 bits per heavy atom. The number of H-pyrrole nitrogens is 1. The van der Waals surface area contributed by atoms with Crippen LogP contribution in [0.15, 0.2) is 24.4 Å². The normalized spacial score (nSPS) is 9.83. The molecule has 0 unspecified atom stereocenters. The molecular formula is C13H13N3O2. The minimum absolute atomic E-state index is 0.271. The molecule has 0 saturated heterocycles. The quantitative estimate of drug-likeness (QED) is 0.893. The number of aromatic nitrogens is 2. The zero-order valence-corrected chi connectivity index (χ0v) is 10.2. The van der Waals surface area contributed by atoms with Gasteiger partial charge in [0.05, 0.1) is 38.6 Å². The molecule has 0 aliphatic heterocycles. The molecule has 1 heterocycles. The van der Waals surface area contributed by atoms with E-state index in [1.165, 1.54) is 0 Å². The number of hydrogen-bond donors (Lipinski definition) is 1. The van der Waals surface area contributed by atoms with E-state index in [-0.39, 0.29) is 6.42 Å². The predicted molar refractivity (Wildman–Crippen MR) is 66.4 cm³/mol. The van der Waals surface area contributed by atoms with Crippen molar-refractivity contribution in [2.24, 2.45) is 0 Å². The standard InChI is InChI=1S/C13H13N3O2/c1-17-11-4-3-9(7-12(11)18-2)10-8-15-13(16-10)5-6-14/h3-4,7-8H,5H2,1-2H3,(H,15,16). The molecule has 0 bridgehead atoms. The third kappa shape index (κ3) is 2.28. The van der Waals surface area contributed by atoms with Crippen LogP contribution in [0.4, 0.5) is 0 Å². The number of aromatic amines is 1. The second kappa shape index (κ2) is 5.23. The Morgan fingerprint density at radius 1 is 1.28 bits per heavy atom. The van der Waals surface area contributed by atoms with Gasteiger partial charge in [-0.25, -0.2) is 4.98 Å². The minimum atomic E-state index is 0.271. The molecule has 0 amide bonds. The summed E-state index contributed by atoms with van der Waals surface area (Å²) in [6.07, 6.45) is 1.97. The predicted octanol–water partition coefficient (Wildman–Crippen LogP) is 2.16. The van der Waals surface area contributed by atoms with E-state index >= 15 is 0 Å². The van der Waals surface area contributed by atoms with Crippen LogP contribution >= 0.6 is 0 Å². The number of nitriles is 1. The van der Waals surface area contributed by atoms with Crippen molar-refractivity contribution >= 4 is 0 Å². The van der Waals surface area contributed by atoms with Crippen LogP contribution in [0.2, 0.25) is 0 Å². The summed E-state index contributed by atoms with van der Waals surface area (Å²) < 4.78 is 10.4. The molecule has 0 atom stereocenters. The van der Waals surface area contributed by atoms with Crippen molar-refractivity contribution in [3.63, 3.8) is 0 Å². The second-order valence-electron chi connectivity index (χ2n) is 3.65. The first-order valence-corrected chi connectivity index (χ1v) is 5.41. The van der Waals surface area contributed by atoms with Crippen LogP contribution in [0.1, 0.15) is 5.82 Å². The molecular weight excluding hydrogens is 230 g/mol. The van der Waals surface area contributed by atoms with E-state index in [1.54, 1.807) is 20.4 Å². The number of rotatable bonds is 4. The van der Waals surface area contributed by atoms with E-state index in [9.17, 15) is 0 Å². The summed E-state index contributed by atoms with van der Waals surface area (Å²) in [4.78, 5) is 7.22. The van der Waals surface area contributed by atoms with Crippen LogP contribution in [-0.2, 0) is 6.42 Å². The molecule has 1 aromatic heterocycles. The van der Waals surface area contributed by atoms with Crippen molar-refractivity contribution in [2.75, 3.05) is 14.2 Å². The van der Waals surface area contributed by atoms with Gasteiger partial charge < -0.3 is 14.5 Å². The highest BCUT2D eigenvalue weighted by Crippen LogP contribution is 2.31. The van der Waals surface area contributed by atoms with Crippen molar-refractivity contribution in [3.05, 3.63) is 30.2 Å². The van der Waals surface area contributed by atoms with Crippen LogP contribution in [-0.4, -0.2) is 24.2 Å². The Labute approximate surface area is 105 Å². The van der Waals surface area contributed by atoms with Gasteiger partial charge in [-0.05, 0) is 18.2 Å². The molecule has 5 nitrogen and oxygen atoms in total. The van der Waals surface area contributed by atoms with E-state index in [0.29, 0.717) is 17.3 Å². The maximum absolute atomic E-state index is 8.60. The lowest BCUT2D eigenvalue weighted by molar-refractivity contribution is 0.355. The molecule has 0 fully saturated rings. The topological polar surface area (TPSA) is 70.9 Å². The van der Waals surface area contributed by atoms with Crippen molar-refractivity contribution in [3.8, 4) is 28.8 Å². The van der Waals surface area contributed by atoms with Gasteiger partial charge in [-0.15, -0.1) is 0 Å².